The van der Waals surface area contributed by atoms with Crippen LogP contribution >= 0.6 is 11.3 Å². The fourth-order valence-corrected chi connectivity index (χ4v) is 6.09. The summed E-state index contributed by atoms with van der Waals surface area (Å²) >= 11 is 1.51. The van der Waals surface area contributed by atoms with Gasteiger partial charge in [0.2, 0.25) is 0 Å². The van der Waals surface area contributed by atoms with E-state index in [1.54, 1.807) is 0 Å². The third-order valence-electron chi connectivity index (χ3n) is 5.08. The highest BCUT2D eigenvalue weighted by Crippen LogP contribution is 2.33. The number of ether oxygens (including phenoxy) is 1. The Morgan fingerprint density at radius 3 is 2.27 bits per heavy atom. The second kappa shape index (κ2) is 7.68. The van der Waals surface area contributed by atoms with E-state index in [2.05, 4.69) is 25.8 Å². The average Bonchev–Trinajstić information content (AvgIpc) is 2.88. The molecule has 1 saturated heterocycles. The van der Waals surface area contributed by atoms with Gasteiger partial charge in [-0.3, -0.25) is 4.79 Å². The fraction of sp³-hybridized carbons (Fsp3) is 0.789. The summed E-state index contributed by atoms with van der Waals surface area (Å²) in [6, 6.07) is 0. The molecule has 1 aliphatic rings. The third-order valence-corrected chi connectivity index (χ3v) is 9.35. The van der Waals surface area contributed by atoms with Gasteiger partial charge in [-0.25, -0.2) is 13.4 Å². The number of nitrogens with zero attached hydrogens (tertiary/aromatic N) is 1. The van der Waals surface area contributed by atoms with Crippen LogP contribution < -0.4 is 0 Å². The van der Waals surface area contributed by atoms with Gasteiger partial charge in [-0.05, 0) is 44.9 Å². The Labute approximate surface area is 161 Å². The lowest BCUT2D eigenvalue weighted by molar-refractivity contribution is -0.120. The molecule has 0 spiro atoms. The van der Waals surface area contributed by atoms with Crippen molar-refractivity contribution in [3.8, 4) is 0 Å². The second-order valence-corrected chi connectivity index (χ2v) is 12.4. The third kappa shape index (κ3) is 4.73. The molecule has 7 heteroatoms. The molecule has 26 heavy (non-hydrogen) atoms. The van der Waals surface area contributed by atoms with Crippen LogP contribution in [0.1, 0.15) is 63.0 Å². The zero-order valence-corrected chi connectivity index (χ0v) is 18.3. The van der Waals surface area contributed by atoms with E-state index >= 15 is 0 Å². The minimum absolute atomic E-state index is 0.0340. The highest BCUT2D eigenvalue weighted by Gasteiger charge is 2.42. The number of aryl methyl sites for hydroxylation is 1. The van der Waals surface area contributed by atoms with Crippen molar-refractivity contribution in [1.29, 1.82) is 0 Å². The first-order valence-electron chi connectivity index (χ1n) is 9.14. The van der Waals surface area contributed by atoms with Crippen molar-refractivity contribution in [2.24, 2.45) is 5.92 Å². The molecule has 1 fully saturated rings. The van der Waals surface area contributed by atoms with Crippen LogP contribution in [0.2, 0.25) is 0 Å². The summed E-state index contributed by atoms with van der Waals surface area (Å²) in [4.78, 5) is 18.5. The lowest BCUT2D eigenvalue weighted by Crippen LogP contribution is -2.44. The molecule has 0 aromatic carbocycles. The summed E-state index contributed by atoms with van der Waals surface area (Å²) in [7, 11) is -3.54. The molecule has 1 aromatic rings. The molecule has 0 saturated carbocycles. The average molecular weight is 402 g/mol. The summed E-state index contributed by atoms with van der Waals surface area (Å²) in [5.41, 5.74) is 0.890. The van der Waals surface area contributed by atoms with Gasteiger partial charge in [0.25, 0.3) is 0 Å². The van der Waals surface area contributed by atoms with E-state index in [1.807, 2.05) is 6.92 Å². The lowest BCUT2D eigenvalue weighted by atomic mass is 9.93. The SMILES string of the molecule is Cc1nc(CC(=O)C(C)(C)S(=O)(=O)CC2CCOCC2)sc1C(C)(C)C. The Morgan fingerprint density at radius 2 is 1.77 bits per heavy atom. The topological polar surface area (TPSA) is 73.3 Å². The summed E-state index contributed by atoms with van der Waals surface area (Å²) in [6.45, 7) is 12.6. The van der Waals surface area contributed by atoms with Crippen LogP contribution in [-0.2, 0) is 31.2 Å². The van der Waals surface area contributed by atoms with Gasteiger partial charge >= 0.3 is 0 Å². The normalized spacial score (nSPS) is 17.5. The van der Waals surface area contributed by atoms with E-state index in [4.69, 9.17) is 4.74 Å². The predicted octanol–water partition coefficient (Wildman–Crippen LogP) is 3.48. The maximum absolute atomic E-state index is 12.9. The van der Waals surface area contributed by atoms with E-state index in [0.717, 1.165) is 23.4 Å². The Balaban J connectivity index is 2.14. The Bertz CT molecular complexity index is 751. The first-order valence-corrected chi connectivity index (χ1v) is 11.6. The van der Waals surface area contributed by atoms with Gasteiger partial charge < -0.3 is 4.74 Å². The highest BCUT2D eigenvalue weighted by molar-refractivity contribution is 7.93. The number of hydrogen-bond acceptors (Lipinski definition) is 6. The van der Waals surface area contributed by atoms with Gasteiger partial charge in [0.05, 0.1) is 17.9 Å². The van der Waals surface area contributed by atoms with E-state index in [9.17, 15) is 13.2 Å². The molecule has 148 valence electrons. The second-order valence-electron chi connectivity index (χ2n) is 8.72. The van der Waals surface area contributed by atoms with Crippen molar-refractivity contribution in [1.82, 2.24) is 4.98 Å². The Kier molecular flexibility index (Phi) is 6.35. The first-order chi connectivity index (χ1) is 11.8. The molecular formula is C19H31NO4S2. The van der Waals surface area contributed by atoms with Crippen molar-refractivity contribution in [2.45, 2.75) is 71.0 Å². The molecule has 0 unspecified atom stereocenters. The summed E-state index contributed by atoms with van der Waals surface area (Å²) in [5.74, 6) is -0.145. The molecule has 0 amide bonds. The Hall–Kier alpha value is -0.790. The van der Waals surface area contributed by atoms with Crippen LogP contribution in [0.3, 0.4) is 0 Å². The highest BCUT2D eigenvalue weighted by atomic mass is 32.2. The lowest BCUT2D eigenvalue weighted by Gasteiger charge is -2.28. The monoisotopic (exact) mass is 401 g/mol. The van der Waals surface area contributed by atoms with Gasteiger partial charge in [0, 0.05) is 18.1 Å². The first kappa shape index (κ1) is 21.5. The van der Waals surface area contributed by atoms with Crippen molar-refractivity contribution in [3.63, 3.8) is 0 Å². The molecule has 0 bridgehead atoms. The van der Waals surface area contributed by atoms with Crippen molar-refractivity contribution in [2.75, 3.05) is 19.0 Å². The minimum atomic E-state index is -3.54. The standard InChI is InChI=1S/C19H31NO4S2/c1-13-17(18(2,3)4)25-16(20-13)11-15(21)19(5,6)26(22,23)12-14-7-9-24-10-8-14/h14H,7-12H2,1-6H3. The van der Waals surface area contributed by atoms with E-state index in [1.165, 1.54) is 25.2 Å². The molecule has 0 radical (unpaired) electrons. The number of ketones is 1. The largest absolute Gasteiger partial charge is 0.381 e. The van der Waals surface area contributed by atoms with Crippen LogP contribution in [0.15, 0.2) is 0 Å². The molecule has 0 atom stereocenters. The molecule has 2 rings (SSSR count). The molecule has 2 heterocycles. The number of carbonyl (C=O) groups excluding carboxylic acids is 1. The van der Waals surface area contributed by atoms with Crippen LogP contribution in [0.4, 0.5) is 0 Å². The van der Waals surface area contributed by atoms with Gasteiger partial charge in [-0.1, -0.05) is 20.8 Å². The van der Waals surface area contributed by atoms with E-state index in [-0.39, 0.29) is 29.3 Å². The zero-order chi connectivity index (χ0) is 19.8. The fourth-order valence-electron chi connectivity index (χ4n) is 3.18. The smallest absolute Gasteiger partial charge is 0.162 e. The number of rotatable bonds is 6. The van der Waals surface area contributed by atoms with Gasteiger partial charge in [-0.2, -0.15) is 0 Å². The zero-order valence-electron chi connectivity index (χ0n) is 16.7. The van der Waals surface area contributed by atoms with Crippen LogP contribution in [0.5, 0.6) is 0 Å². The van der Waals surface area contributed by atoms with Crippen LogP contribution in [-0.4, -0.2) is 42.9 Å². The summed E-state index contributed by atoms with van der Waals surface area (Å²) in [5, 5.41) is 0.701. The van der Waals surface area contributed by atoms with E-state index < -0.39 is 14.6 Å². The molecular weight excluding hydrogens is 370 g/mol. The predicted molar refractivity (Wildman–Crippen MR) is 106 cm³/mol. The molecule has 1 aliphatic heterocycles. The van der Waals surface area contributed by atoms with Gasteiger partial charge in [-0.15, -0.1) is 11.3 Å². The number of carbonyl (C=O) groups is 1. The van der Waals surface area contributed by atoms with Crippen LogP contribution in [0.25, 0.3) is 0 Å². The van der Waals surface area contributed by atoms with Crippen molar-refractivity contribution >= 4 is 27.0 Å². The number of Topliss-reactive ketones (excluding diaryl/α,β-unsaturated/α-hetero) is 1. The molecule has 0 aliphatic carbocycles. The van der Waals surface area contributed by atoms with Crippen LogP contribution in [0, 0.1) is 12.8 Å². The number of thiazole rings is 1. The summed E-state index contributed by atoms with van der Waals surface area (Å²) in [6.07, 6.45) is 1.55. The number of hydrogen-bond donors (Lipinski definition) is 0. The number of aromatic nitrogens is 1. The van der Waals surface area contributed by atoms with E-state index in [0.29, 0.717) is 18.2 Å². The quantitative estimate of drug-likeness (QED) is 0.730. The van der Waals surface area contributed by atoms with Gasteiger partial charge in [0.15, 0.2) is 15.6 Å². The molecule has 1 aromatic heterocycles. The molecule has 5 nitrogen and oxygen atoms in total. The summed E-state index contributed by atoms with van der Waals surface area (Å²) < 4.78 is 29.7. The van der Waals surface area contributed by atoms with Crippen molar-refractivity contribution in [3.05, 3.63) is 15.6 Å². The van der Waals surface area contributed by atoms with Gasteiger partial charge in [0.1, 0.15) is 9.75 Å². The number of sulfone groups is 1. The van der Waals surface area contributed by atoms with Crippen molar-refractivity contribution < 1.29 is 17.9 Å². The maximum atomic E-state index is 12.9. The minimum Gasteiger partial charge on any atom is -0.381 e. The molecule has 0 N–H and O–H groups in total. The Morgan fingerprint density at radius 1 is 1.19 bits per heavy atom. The maximum Gasteiger partial charge on any atom is 0.162 e.